The summed E-state index contributed by atoms with van der Waals surface area (Å²) in [5.74, 6) is 1.17. The molecule has 2 N–H and O–H groups in total. The van der Waals surface area contributed by atoms with Gasteiger partial charge in [0.05, 0.1) is 23.5 Å². The molecule has 142 valence electrons. The molecule has 1 aliphatic heterocycles. The molecule has 1 amide bonds. The minimum atomic E-state index is -0.151. The summed E-state index contributed by atoms with van der Waals surface area (Å²) >= 11 is 0. The number of hydrogen-bond acceptors (Lipinski definition) is 4. The molecule has 0 spiro atoms. The van der Waals surface area contributed by atoms with Gasteiger partial charge in [-0.25, -0.2) is 0 Å². The van der Waals surface area contributed by atoms with Gasteiger partial charge in [0, 0.05) is 18.7 Å². The Hall–Kier alpha value is -2.57. The first kappa shape index (κ1) is 19.2. The van der Waals surface area contributed by atoms with Crippen LogP contribution in [-0.2, 0) is 19.6 Å². The summed E-state index contributed by atoms with van der Waals surface area (Å²) in [7, 11) is 0. The third kappa shape index (κ3) is 4.23. The smallest absolute Gasteiger partial charge is 0.255 e. The van der Waals surface area contributed by atoms with Crippen LogP contribution in [0.25, 0.3) is 11.3 Å². The van der Waals surface area contributed by atoms with Crippen molar-refractivity contribution in [2.24, 2.45) is 0 Å². The molecule has 6 nitrogen and oxygen atoms in total. The third-order valence-corrected chi connectivity index (χ3v) is 4.51. The van der Waals surface area contributed by atoms with Gasteiger partial charge in [-0.2, -0.15) is 5.10 Å². The number of amides is 1. The van der Waals surface area contributed by atoms with E-state index in [0.29, 0.717) is 23.6 Å². The number of nitrogens with one attached hydrogen (secondary N) is 2. The molecule has 0 atom stereocenters. The summed E-state index contributed by atoms with van der Waals surface area (Å²) in [6.07, 6.45) is 1.06. The summed E-state index contributed by atoms with van der Waals surface area (Å²) in [5, 5.41) is 10.9. The minimum Gasteiger partial charge on any atom is -0.461 e. The van der Waals surface area contributed by atoms with Gasteiger partial charge >= 0.3 is 0 Å². The zero-order valence-electron chi connectivity index (χ0n) is 15.2. The molecular formula is C20H23ClN4O2. The van der Waals surface area contributed by atoms with Gasteiger partial charge in [0.25, 0.3) is 5.91 Å². The van der Waals surface area contributed by atoms with E-state index in [9.17, 15) is 4.79 Å². The van der Waals surface area contributed by atoms with Crippen molar-refractivity contribution in [3.63, 3.8) is 0 Å². The van der Waals surface area contributed by atoms with Gasteiger partial charge in [0.15, 0.2) is 0 Å². The molecular weight excluding hydrogens is 364 g/mol. The van der Waals surface area contributed by atoms with Crippen LogP contribution in [-0.4, -0.2) is 22.2 Å². The van der Waals surface area contributed by atoms with Crippen molar-refractivity contribution in [2.75, 3.05) is 6.54 Å². The number of fused-ring (bicyclic) bond motifs is 1. The van der Waals surface area contributed by atoms with Crippen LogP contribution in [0.2, 0.25) is 0 Å². The van der Waals surface area contributed by atoms with Crippen LogP contribution in [0.15, 0.2) is 46.9 Å². The van der Waals surface area contributed by atoms with Crippen molar-refractivity contribution in [1.82, 2.24) is 20.4 Å². The summed E-state index contributed by atoms with van der Waals surface area (Å²) < 4.78 is 7.79. The van der Waals surface area contributed by atoms with E-state index in [1.807, 2.05) is 41.9 Å². The van der Waals surface area contributed by atoms with E-state index >= 15 is 0 Å². The molecule has 3 aromatic rings. The fraction of sp³-hybridized carbons (Fsp3) is 0.300. The average Bonchev–Trinajstić information content (AvgIpc) is 3.17. The zero-order valence-corrected chi connectivity index (χ0v) is 16.0. The molecule has 1 aromatic carbocycles. The van der Waals surface area contributed by atoms with Gasteiger partial charge in [-0.3, -0.25) is 9.48 Å². The Kier molecular flexibility index (Phi) is 5.98. The van der Waals surface area contributed by atoms with Crippen LogP contribution in [0.3, 0.4) is 0 Å². The van der Waals surface area contributed by atoms with Gasteiger partial charge in [-0.15, -0.1) is 12.4 Å². The first-order valence-corrected chi connectivity index (χ1v) is 8.91. The van der Waals surface area contributed by atoms with E-state index in [1.165, 1.54) is 0 Å². The Morgan fingerprint density at radius 2 is 2.11 bits per heavy atom. The Bertz CT molecular complexity index is 894. The van der Waals surface area contributed by atoms with Gasteiger partial charge in [0.2, 0.25) is 0 Å². The van der Waals surface area contributed by atoms with Gasteiger partial charge in [0.1, 0.15) is 11.5 Å². The van der Waals surface area contributed by atoms with E-state index in [1.54, 1.807) is 6.07 Å². The predicted octanol–water partition coefficient (Wildman–Crippen LogP) is 3.30. The second-order valence-corrected chi connectivity index (χ2v) is 6.53. The lowest BCUT2D eigenvalue weighted by Gasteiger charge is -2.04. The second-order valence-electron chi connectivity index (χ2n) is 6.53. The van der Waals surface area contributed by atoms with E-state index in [2.05, 4.69) is 21.8 Å². The molecule has 0 bridgehead atoms. The molecule has 4 rings (SSSR count). The summed E-state index contributed by atoms with van der Waals surface area (Å²) in [5.41, 5.74) is 3.48. The van der Waals surface area contributed by atoms with E-state index < -0.39 is 0 Å². The molecule has 1 aliphatic rings. The van der Waals surface area contributed by atoms with E-state index in [4.69, 9.17) is 4.42 Å². The highest BCUT2D eigenvalue weighted by Gasteiger charge is 2.18. The van der Waals surface area contributed by atoms with Crippen LogP contribution in [0.5, 0.6) is 0 Å². The molecule has 0 unspecified atom stereocenters. The van der Waals surface area contributed by atoms with Crippen molar-refractivity contribution in [1.29, 1.82) is 0 Å². The normalized spacial score (nSPS) is 13.4. The van der Waals surface area contributed by atoms with Gasteiger partial charge < -0.3 is 15.1 Å². The number of rotatable bonds is 4. The van der Waals surface area contributed by atoms with Crippen LogP contribution in [0, 0.1) is 6.92 Å². The lowest BCUT2D eigenvalue weighted by Crippen LogP contribution is -2.23. The molecule has 0 saturated heterocycles. The van der Waals surface area contributed by atoms with Crippen LogP contribution >= 0.6 is 12.4 Å². The Morgan fingerprint density at radius 1 is 1.30 bits per heavy atom. The number of hydrogen-bond donors (Lipinski definition) is 2. The monoisotopic (exact) mass is 386 g/mol. The molecule has 0 aliphatic carbocycles. The maximum absolute atomic E-state index is 12.7. The average molecular weight is 387 g/mol. The van der Waals surface area contributed by atoms with Gasteiger partial charge in [-0.05, 0) is 32.0 Å². The SMILES string of the molecule is Cc1cc(C(=O)NCc2cc3n(n2)CCCNC3)c(-c2ccccc2)o1.Cl. The number of carbonyl (C=O) groups is 1. The number of carbonyl (C=O) groups excluding carboxylic acids is 1. The third-order valence-electron chi connectivity index (χ3n) is 4.51. The summed E-state index contributed by atoms with van der Waals surface area (Å²) in [6.45, 7) is 4.99. The maximum Gasteiger partial charge on any atom is 0.255 e. The molecule has 0 saturated carbocycles. The van der Waals surface area contributed by atoms with Crippen LogP contribution in [0.4, 0.5) is 0 Å². The lowest BCUT2D eigenvalue weighted by atomic mass is 10.1. The standard InChI is InChI=1S/C20H22N4O2.ClH/c1-14-10-18(19(26-14)15-6-3-2-4-7-15)20(25)22-12-16-11-17-13-21-8-5-9-24(17)23-16;/h2-4,6-7,10-11,21H,5,8-9,12-13H2,1H3,(H,22,25);1H. The number of furan rings is 1. The number of benzene rings is 1. The van der Waals surface area contributed by atoms with Crippen LogP contribution in [0.1, 0.15) is 33.9 Å². The topological polar surface area (TPSA) is 72.1 Å². The highest BCUT2D eigenvalue weighted by atomic mass is 35.5. The predicted molar refractivity (Wildman–Crippen MR) is 106 cm³/mol. The van der Waals surface area contributed by atoms with Crippen molar-refractivity contribution in [3.8, 4) is 11.3 Å². The van der Waals surface area contributed by atoms with Crippen molar-refractivity contribution < 1.29 is 9.21 Å². The van der Waals surface area contributed by atoms with E-state index in [0.717, 1.165) is 43.0 Å². The highest BCUT2D eigenvalue weighted by molar-refractivity contribution is 5.99. The minimum absolute atomic E-state index is 0. The van der Waals surface area contributed by atoms with Crippen LogP contribution < -0.4 is 10.6 Å². The quantitative estimate of drug-likeness (QED) is 0.721. The second kappa shape index (κ2) is 8.41. The summed E-state index contributed by atoms with van der Waals surface area (Å²) in [6, 6.07) is 13.5. The molecule has 7 heteroatoms. The van der Waals surface area contributed by atoms with Crippen molar-refractivity contribution in [3.05, 3.63) is 65.2 Å². The van der Waals surface area contributed by atoms with Crippen molar-refractivity contribution >= 4 is 18.3 Å². The lowest BCUT2D eigenvalue weighted by molar-refractivity contribution is 0.0950. The van der Waals surface area contributed by atoms with E-state index in [-0.39, 0.29) is 18.3 Å². The molecule has 0 radical (unpaired) electrons. The Morgan fingerprint density at radius 3 is 2.93 bits per heavy atom. The zero-order chi connectivity index (χ0) is 17.9. The Labute approximate surface area is 164 Å². The molecule has 2 aromatic heterocycles. The molecule has 3 heterocycles. The Balaban J connectivity index is 0.00000210. The van der Waals surface area contributed by atoms with Gasteiger partial charge in [-0.1, -0.05) is 30.3 Å². The summed E-state index contributed by atoms with van der Waals surface area (Å²) in [4.78, 5) is 12.7. The number of aromatic nitrogens is 2. The number of nitrogens with zero attached hydrogens (tertiary/aromatic N) is 2. The highest BCUT2D eigenvalue weighted by Crippen LogP contribution is 2.27. The fourth-order valence-electron chi connectivity index (χ4n) is 3.26. The molecule has 0 fully saturated rings. The number of halogens is 1. The first-order chi connectivity index (χ1) is 12.7. The maximum atomic E-state index is 12.7. The fourth-order valence-corrected chi connectivity index (χ4v) is 3.26. The van der Waals surface area contributed by atoms with Crippen molar-refractivity contribution in [2.45, 2.75) is 33.0 Å². The first-order valence-electron chi connectivity index (χ1n) is 8.91. The molecule has 27 heavy (non-hydrogen) atoms. The largest absolute Gasteiger partial charge is 0.461 e. The number of aryl methyl sites for hydroxylation is 2.